The maximum absolute atomic E-state index is 11.6. The topological polar surface area (TPSA) is 95.0 Å². The van der Waals surface area contributed by atoms with E-state index in [1.807, 2.05) is 0 Å². The Labute approximate surface area is 126 Å². The Kier molecular flexibility index (Phi) is 3.54. The summed E-state index contributed by atoms with van der Waals surface area (Å²) >= 11 is 6.32. The van der Waals surface area contributed by atoms with Crippen LogP contribution in [0.25, 0.3) is 0 Å². The molecule has 0 radical (unpaired) electrons. The zero-order valence-corrected chi connectivity index (χ0v) is 12.8. The SMILES string of the molecule is Cc1nn([C@@H]2CCS(=O)(=O)C2)c(Cl)c1C=Nn1cnnc1. The van der Waals surface area contributed by atoms with Crippen LogP contribution in [0.2, 0.25) is 5.15 Å². The monoisotopic (exact) mass is 328 g/mol. The van der Waals surface area contributed by atoms with E-state index in [1.165, 1.54) is 17.3 Å². The molecule has 112 valence electrons. The minimum atomic E-state index is -2.99. The minimum Gasteiger partial charge on any atom is -0.249 e. The number of rotatable bonds is 3. The average molecular weight is 329 g/mol. The summed E-state index contributed by atoms with van der Waals surface area (Å²) in [4.78, 5) is 0. The first-order valence-corrected chi connectivity index (χ1v) is 8.50. The van der Waals surface area contributed by atoms with E-state index >= 15 is 0 Å². The number of aromatic nitrogens is 5. The van der Waals surface area contributed by atoms with E-state index in [0.717, 1.165) is 0 Å². The number of nitrogens with zero attached hydrogens (tertiary/aromatic N) is 6. The van der Waals surface area contributed by atoms with Crippen molar-refractivity contribution in [2.24, 2.45) is 5.10 Å². The zero-order valence-electron chi connectivity index (χ0n) is 11.2. The van der Waals surface area contributed by atoms with Gasteiger partial charge in [0.25, 0.3) is 0 Å². The molecule has 3 rings (SSSR count). The molecule has 0 saturated carbocycles. The molecule has 10 heteroatoms. The van der Waals surface area contributed by atoms with E-state index in [1.54, 1.807) is 17.8 Å². The summed E-state index contributed by atoms with van der Waals surface area (Å²) in [6.07, 6.45) is 5.00. The van der Waals surface area contributed by atoms with E-state index in [-0.39, 0.29) is 17.5 Å². The summed E-state index contributed by atoms with van der Waals surface area (Å²) in [6.45, 7) is 1.80. The predicted molar refractivity (Wildman–Crippen MR) is 77.3 cm³/mol. The molecule has 0 unspecified atom stereocenters. The van der Waals surface area contributed by atoms with Gasteiger partial charge >= 0.3 is 0 Å². The molecule has 1 saturated heterocycles. The maximum Gasteiger partial charge on any atom is 0.152 e. The van der Waals surface area contributed by atoms with Crippen molar-refractivity contribution < 1.29 is 8.42 Å². The van der Waals surface area contributed by atoms with Crippen LogP contribution in [-0.2, 0) is 9.84 Å². The molecule has 21 heavy (non-hydrogen) atoms. The maximum atomic E-state index is 11.6. The van der Waals surface area contributed by atoms with E-state index in [2.05, 4.69) is 20.4 Å². The molecule has 0 amide bonds. The molecule has 0 aliphatic carbocycles. The van der Waals surface area contributed by atoms with Gasteiger partial charge in [-0.05, 0) is 13.3 Å². The van der Waals surface area contributed by atoms with Crippen LogP contribution in [-0.4, -0.2) is 50.8 Å². The fraction of sp³-hybridized carbons (Fsp3) is 0.455. The van der Waals surface area contributed by atoms with E-state index < -0.39 is 9.84 Å². The van der Waals surface area contributed by atoms with Gasteiger partial charge in [-0.1, -0.05) is 11.6 Å². The Balaban J connectivity index is 1.90. The molecule has 8 nitrogen and oxygen atoms in total. The molecular weight excluding hydrogens is 316 g/mol. The van der Waals surface area contributed by atoms with Crippen LogP contribution in [0.3, 0.4) is 0 Å². The lowest BCUT2D eigenvalue weighted by atomic mass is 10.2. The zero-order chi connectivity index (χ0) is 15.0. The molecule has 0 N–H and O–H groups in total. The van der Waals surface area contributed by atoms with Gasteiger partial charge in [0, 0.05) is 0 Å². The first-order chi connectivity index (χ1) is 9.96. The van der Waals surface area contributed by atoms with Crippen molar-refractivity contribution in [1.29, 1.82) is 0 Å². The highest BCUT2D eigenvalue weighted by Crippen LogP contribution is 2.29. The predicted octanol–water partition coefficient (Wildman–Crippen LogP) is 0.678. The minimum absolute atomic E-state index is 0.0792. The van der Waals surface area contributed by atoms with Gasteiger partial charge in [0.05, 0.1) is 35.0 Å². The van der Waals surface area contributed by atoms with Crippen molar-refractivity contribution in [2.45, 2.75) is 19.4 Å². The van der Waals surface area contributed by atoms with Crippen LogP contribution in [0, 0.1) is 6.92 Å². The summed E-state index contributed by atoms with van der Waals surface area (Å²) in [5.41, 5.74) is 1.36. The molecule has 2 aromatic heterocycles. The van der Waals surface area contributed by atoms with Crippen molar-refractivity contribution in [3.8, 4) is 0 Å². The molecular formula is C11H13ClN6O2S. The largest absolute Gasteiger partial charge is 0.249 e. The van der Waals surface area contributed by atoms with Crippen molar-refractivity contribution in [3.05, 3.63) is 29.1 Å². The van der Waals surface area contributed by atoms with E-state index in [4.69, 9.17) is 11.6 Å². The lowest BCUT2D eigenvalue weighted by molar-refractivity contribution is 0.497. The fourth-order valence-corrected chi connectivity index (χ4v) is 4.32. The normalized spacial score (nSPS) is 21.3. The van der Waals surface area contributed by atoms with Gasteiger partial charge in [0.1, 0.15) is 17.8 Å². The Morgan fingerprint density at radius 1 is 1.43 bits per heavy atom. The molecule has 1 aliphatic rings. The third-order valence-corrected chi connectivity index (χ3v) is 5.48. The van der Waals surface area contributed by atoms with Crippen LogP contribution in [0.4, 0.5) is 0 Å². The summed E-state index contributed by atoms with van der Waals surface area (Å²) in [7, 11) is -2.99. The highest BCUT2D eigenvalue weighted by Gasteiger charge is 2.31. The second-order valence-electron chi connectivity index (χ2n) is 4.88. The average Bonchev–Trinajstić information content (AvgIpc) is 3.10. The molecule has 0 spiro atoms. The van der Waals surface area contributed by atoms with Gasteiger partial charge in [-0.25, -0.2) is 17.8 Å². The van der Waals surface area contributed by atoms with Crippen molar-refractivity contribution in [1.82, 2.24) is 24.7 Å². The highest BCUT2D eigenvalue weighted by molar-refractivity contribution is 7.91. The first kappa shape index (κ1) is 14.2. The lowest BCUT2D eigenvalue weighted by Crippen LogP contribution is -2.12. The van der Waals surface area contributed by atoms with Gasteiger partial charge < -0.3 is 0 Å². The number of hydrogen-bond donors (Lipinski definition) is 0. The quantitative estimate of drug-likeness (QED) is 0.772. The van der Waals surface area contributed by atoms with Gasteiger partial charge in [-0.15, -0.1) is 10.2 Å². The third-order valence-electron chi connectivity index (χ3n) is 3.35. The number of sulfone groups is 1. The van der Waals surface area contributed by atoms with Crippen molar-refractivity contribution >= 4 is 27.7 Å². The van der Waals surface area contributed by atoms with Crippen molar-refractivity contribution in [2.75, 3.05) is 11.5 Å². The summed E-state index contributed by atoms with van der Waals surface area (Å²) in [5, 5.41) is 16.2. The van der Waals surface area contributed by atoms with Crippen LogP contribution < -0.4 is 0 Å². The Morgan fingerprint density at radius 2 is 2.14 bits per heavy atom. The highest BCUT2D eigenvalue weighted by atomic mass is 35.5. The van der Waals surface area contributed by atoms with Crippen LogP contribution >= 0.6 is 11.6 Å². The molecule has 0 aromatic carbocycles. The first-order valence-electron chi connectivity index (χ1n) is 6.30. The van der Waals surface area contributed by atoms with Gasteiger partial charge in [0.2, 0.25) is 0 Å². The van der Waals surface area contributed by atoms with Crippen molar-refractivity contribution in [3.63, 3.8) is 0 Å². The molecule has 1 aliphatic heterocycles. The Bertz CT molecular complexity index is 780. The summed E-state index contributed by atoms with van der Waals surface area (Å²) in [5.74, 6) is 0.257. The van der Waals surface area contributed by atoms with Crippen LogP contribution in [0.5, 0.6) is 0 Å². The molecule has 0 bridgehead atoms. The van der Waals surface area contributed by atoms with Gasteiger partial charge in [-0.3, -0.25) is 0 Å². The molecule has 1 fully saturated rings. The second kappa shape index (κ2) is 5.23. The van der Waals surface area contributed by atoms with E-state index in [9.17, 15) is 8.42 Å². The second-order valence-corrected chi connectivity index (χ2v) is 7.46. The molecule has 1 atom stereocenters. The molecule has 2 aromatic rings. The Hall–Kier alpha value is -1.74. The standard InChI is InChI=1S/C11H13ClN6O2S/c1-8-10(4-15-17-6-13-14-7-17)11(12)18(16-8)9-2-3-21(19,20)5-9/h4,6-7,9H,2-3,5H2,1H3/t9-/m1/s1. The van der Waals surface area contributed by atoms with Gasteiger partial charge in [0.15, 0.2) is 9.84 Å². The summed E-state index contributed by atoms with van der Waals surface area (Å²) in [6, 6.07) is -0.210. The van der Waals surface area contributed by atoms with Crippen LogP contribution in [0.15, 0.2) is 17.8 Å². The number of hydrogen-bond acceptors (Lipinski definition) is 6. The number of aryl methyl sites for hydroxylation is 1. The summed E-state index contributed by atoms with van der Waals surface area (Å²) < 4.78 is 26.2. The smallest absolute Gasteiger partial charge is 0.152 e. The Morgan fingerprint density at radius 3 is 2.76 bits per heavy atom. The van der Waals surface area contributed by atoms with Crippen LogP contribution in [0.1, 0.15) is 23.7 Å². The van der Waals surface area contributed by atoms with E-state index in [0.29, 0.717) is 22.8 Å². The fourth-order valence-electron chi connectivity index (χ4n) is 2.27. The van der Waals surface area contributed by atoms with Gasteiger partial charge in [-0.2, -0.15) is 10.2 Å². The number of halogens is 1. The lowest BCUT2D eigenvalue weighted by Gasteiger charge is -2.09. The third kappa shape index (κ3) is 2.84. The molecule has 3 heterocycles.